The molecule has 0 aliphatic rings. The zero-order valence-electron chi connectivity index (χ0n) is 13.2. The Morgan fingerprint density at radius 3 is 2.50 bits per heavy atom. The van der Waals surface area contributed by atoms with Crippen LogP contribution in [0.4, 0.5) is 0 Å². The fourth-order valence-corrected chi connectivity index (χ4v) is 2.83. The van der Waals surface area contributed by atoms with E-state index in [-0.39, 0.29) is 12.1 Å². The van der Waals surface area contributed by atoms with Crippen LogP contribution in [0.25, 0.3) is 0 Å². The molecule has 4 nitrogen and oxygen atoms in total. The Kier molecular flexibility index (Phi) is 7.56. The lowest BCUT2D eigenvalue weighted by atomic mass is 10.0. The molecule has 1 heterocycles. The second kappa shape index (κ2) is 8.65. The Morgan fingerprint density at radius 2 is 2.00 bits per heavy atom. The first-order valence-corrected chi connectivity index (χ1v) is 8.07. The van der Waals surface area contributed by atoms with Crippen molar-refractivity contribution in [1.82, 2.24) is 9.78 Å². The Balaban J connectivity index is 2.87. The Hall–Kier alpha value is -0.580. The molecule has 0 aromatic carbocycles. The highest BCUT2D eigenvalue weighted by atomic mass is 35.5. The second-order valence-electron chi connectivity index (χ2n) is 5.03. The lowest BCUT2D eigenvalue weighted by Crippen LogP contribution is -2.39. The number of rotatable bonds is 9. The average Bonchev–Trinajstić information content (AvgIpc) is 2.75. The molecule has 0 amide bonds. The van der Waals surface area contributed by atoms with E-state index in [1.165, 1.54) is 0 Å². The van der Waals surface area contributed by atoms with Gasteiger partial charge in [-0.3, -0.25) is 4.68 Å². The van der Waals surface area contributed by atoms with Gasteiger partial charge in [-0.1, -0.05) is 31.9 Å². The molecule has 0 fully saturated rings. The summed E-state index contributed by atoms with van der Waals surface area (Å²) in [4.78, 5) is 0. The molecule has 2 atom stereocenters. The highest BCUT2D eigenvalue weighted by molar-refractivity contribution is 6.31. The van der Waals surface area contributed by atoms with Gasteiger partial charge in [-0.25, -0.2) is 0 Å². The van der Waals surface area contributed by atoms with Crippen LogP contribution < -0.4 is 5.73 Å². The van der Waals surface area contributed by atoms with Crippen molar-refractivity contribution in [2.24, 2.45) is 5.73 Å². The van der Waals surface area contributed by atoms with Gasteiger partial charge in [-0.2, -0.15) is 5.10 Å². The summed E-state index contributed by atoms with van der Waals surface area (Å²) in [7, 11) is 0. The van der Waals surface area contributed by atoms with Crippen molar-refractivity contribution in [3.8, 4) is 0 Å². The van der Waals surface area contributed by atoms with Gasteiger partial charge in [0, 0.05) is 25.6 Å². The van der Waals surface area contributed by atoms with Gasteiger partial charge in [-0.15, -0.1) is 0 Å². The van der Waals surface area contributed by atoms with E-state index >= 15 is 0 Å². The molecule has 2 unspecified atom stereocenters. The summed E-state index contributed by atoms with van der Waals surface area (Å²) in [5.74, 6) is 0. The van der Waals surface area contributed by atoms with Crippen molar-refractivity contribution in [2.75, 3.05) is 6.61 Å². The molecule has 0 saturated carbocycles. The van der Waals surface area contributed by atoms with Gasteiger partial charge in [0.25, 0.3) is 0 Å². The van der Waals surface area contributed by atoms with Crippen LogP contribution in [0.15, 0.2) is 0 Å². The van der Waals surface area contributed by atoms with Crippen LogP contribution in [0.2, 0.25) is 5.02 Å². The largest absolute Gasteiger partial charge is 0.377 e. The fraction of sp³-hybridized carbons (Fsp3) is 0.800. The molecule has 1 aromatic heterocycles. The molecule has 1 rings (SSSR count). The lowest BCUT2D eigenvalue weighted by molar-refractivity contribution is 0.0374. The second-order valence-corrected chi connectivity index (χ2v) is 5.41. The average molecular weight is 302 g/mol. The minimum atomic E-state index is -0.0425. The number of hydrogen-bond donors (Lipinski definition) is 1. The van der Waals surface area contributed by atoms with Crippen LogP contribution in [0.1, 0.15) is 51.9 Å². The van der Waals surface area contributed by atoms with Gasteiger partial charge < -0.3 is 10.5 Å². The normalized spacial score (nSPS) is 14.5. The number of nitrogens with zero attached hydrogens (tertiary/aromatic N) is 2. The SMILES string of the molecule is CCCC(OCC)C(N)Cc1c(Cl)c(CC)nn1CC. The maximum absolute atomic E-state index is 6.43. The van der Waals surface area contributed by atoms with E-state index in [9.17, 15) is 0 Å². The summed E-state index contributed by atoms with van der Waals surface area (Å²) in [6.07, 6.45) is 3.70. The molecule has 20 heavy (non-hydrogen) atoms. The molecule has 1 aromatic rings. The standard InChI is InChI=1S/C15H28ClN3O/c1-5-9-14(20-8-4)11(17)10-13-15(16)12(6-2)18-19(13)7-3/h11,14H,5-10,17H2,1-4H3. The number of halogens is 1. The van der Waals surface area contributed by atoms with E-state index < -0.39 is 0 Å². The van der Waals surface area contributed by atoms with E-state index in [4.69, 9.17) is 22.1 Å². The van der Waals surface area contributed by atoms with Crippen LogP contribution in [0, 0.1) is 0 Å². The van der Waals surface area contributed by atoms with Crippen molar-refractivity contribution in [3.63, 3.8) is 0 Å². The highest BCUT2D eigenvalue weighted by Crippen LogP contribution is 2.24. The molecular formula is C15H28ClN3O. The van der Waals surface area contributed by atoms with Crippen LogP contribution in [-0.2, 0) is 24.1 Å². The van der Waals surface area contributed by atoms with Gasteiger partial charge >= 0.3 is 0 Å². The smallest absolute Gasteiger partial charge is 0.0850 e. The third-order valence-corrected chi connectivity index (χ3v) is 3.99. The Morgan fingerprint density at radius 1 is 1.30 bits per heavy atom. The van der Waals surface area contributed by atoms with E-state index in [0.29, 0.717) is 13.0 Å². The lowest BCUT2D eigenvalue weighted by Gasteiger charge is -2.23. The van der Waals surface area contributed by atoms with Gasteiger partial charge in [0.15, 0.2) is 0 Å². The van der Waals surface area contributed by atoms with Crippen molar-refractivity contribution < 1.29 is 4.74 Å². The van der Waals surface area contributed by atoms with Crippen LogP contribution >= 0.6 is 11.6 Å². The number of ether oxygens (including phenoxy) is 1. The van der Waals surface area contributed by atoms with E-state index in [1.807, 2.05) is 11.6 Å². The number of nitrogens with two attached hydrogens (primary N) is 1. The molecular weight excluding hydrogens is 274 g/mol. The molecule has 0 bridgehead atoms. The third kappa shape index (κ3) is 4.21. The van der Waals surface area contributed by atoms with Crippen molar-refractivity contribution in [1.29, 1.82) is 0 Å². The summed E-state index contributed by atoms with van der Waals surface area (Å²) < 4.78 is 7.73. The minimum absolute atomic E-state index is 0.0425. The van der Waals surface area contributed by atoms with Gasteiger partial charge in [-0.05, 0) is 26.7 Å². The van der Waals surface area contributed by atoms with Crippen LogP contribution in [0.3, 0.4) is 0 Å². The molecule has 2 N–H and O–H groups in total. The predicted molar refractivity (Wildman–Crippen MR) is 84.3 cm³/mol. The van der Waals surface area contributed by atoms with E-state index in [1.54, 1.807) is 0 Å². The Labute approximate surface area is 127 Å². The Bertz CT molecular complexity index is 400. The van der Waals surface area contributed by atoms with Crippen molar-refractivity contribution in [3.05, 3.63) is 16.4 Å². The number of hydrogen-bond acceptors (Lipinski definition) is 3. The highest BCUT2D eigenvalue weighted by Gasteiger charge is 2.22. The number of aromatic nitrogens is 2. The molecule has 5 heteroatoms. The zero-order valence-corrected chi connectivity index (χ0v) is 13.9. The summed E-state index contributed by atoms with van der Waals surface area (Å²) in [5, 5.41) is 5.31. The first kappa shape index (κ1) is 17.5. The summed E-state index contributed by atoms with van der Waals surface area (Å²) in [6, 6.07) is -0.0425. The maximum Gasteiger partial charge on any atom is 0.0850 e. The first-order chi connectivity index (χ1) is 9.58. The third-order valence-electron chi connectivity index (χ3n) is 3.55. The summed E-state index contributed by atoms with van der Waals surface area (Å²) in [6.45, 7) is 9.81. The number of aryl methyl sites for hydroxylation is 2. The summed E-state index contributed by atoms with van der Waals surface area (Å²) in [5.41, 5.74) is 8.34. The van der Waals surface area contributed by atoms with E-state index in [0.717, 1.165) is 42.2 Å². The van der Waals surface area contributed by atoms with E-state index in [2.05, 4.69) is 25.9 Å². The predicted octanol–water partition coefficient (Wildman–Crippen LogP) is 3.19. The zero-order chi connectivity index (χ0) is 15.1. The van der Waals surface area contributed by atoms with Gasteiger partial charge in [0.1, 0.15) is 0 Å². The van der Waals surface area contributed by atoms with Crippen molar-refractivity contribution >= 4 is 11.6 Å². The molecule has 0 aliphatic carbocycles. The molecule has 0 aliphatic heterocycles. The van der Waals surface area contributed by atoms with Crippen LogP contribution in [0.5, 0.6) is 0 Å². The molecule has 116 valence electrons. The van der Waals surface area contributed by atoms with Crippen molar-refractivity contribution in [2.45, 2.75) is 72.1 Å². The van der Waals surface area contributed by atoms with Gasteiger partial charge in [0.05, 0.1) is 22.5 Å². The monoisotopic (exact) mass is 301 g/mol. The topological polar surface area (TPSA) is 53.1 Å². The molecule has 0 saturated heterocycles. The maximum atomic E-state index is 6.43. The molecule has 0 radical (unpaired) electrons. The van der Waals surface area contributed by atoms with Gasteiger partial charge in [0.2, 0.25) is 0 Å². The first-order valence-electron chi connectivity index (χ1n) is 7.70. The quantitative estimate of drug-likeness (QED) is 0.762. The fourth-order valence-electron chi connectivity index (χ4n) is 2.49. The minimum Gasteiger partial charge on any atom is -0.377 e. The summed E-state index contributed by atoms with van der Waals surface area (Å²) >= 11 is 6.43. The van der Waals surface area contributed by atoms with Crippen LogP contribution in [-0.4, -0.2) is 28.5 Å². The molecule has 0 spiro atoms.